The topological polar surface area (TPSA) is 6.48 Å². The van der Waals surface area contributed by atoms with Gasteiger partial charge in [-0.15, -0.1) is 0 Å². The monoisotopic (exact) mass is 1150 g/mol. The third-order valence-corrected chi connectivity index (χ3v) is 23.3. The minimum Gasteiger partial charge on any atom is -0.310 e. The van der Waals surface area contributed by atoms with E-state index in [2.05, 4.69) is 314 Å². The van der Waals surface area contributed by atoms with Crippen LogP contribution in [0.15, 0.2) is 200 Å². The summed E-state index contributed by atoms with van der Waals surface area (Å²) in [5, 5.41) is 0. The Morgan fingerprint density at radius 1 is 0.213 bits per heavy atom. The van der Waals surface area contributed by atoms with E-state index in [-0.39, 0.29) is 32.5 Å². The molecule has 0 amide bonds. The Kier molecular flexibility index (Phi) is 10.8. The van der Waals surface area contributed by atoms with Gasteiger partial charge in [0.1, 0.15) is 0 Å². The van der Waals surface area contributed by atoms with Crippen LogP contribution >= 0.6 is 0 Å². The Labute approximate surface area is 527 Å². The first-order valence-electron chi connectivity index (χ1n) is 32.5. The van der Waals surface area contributed by atoms with E-state index in [1.807, 2.05) is 0 Å². The predicted molar refractivity (Wildman–Crippen MR) is 375 cm³/mol. The van der Waals surface area contributed by atoms with Gasteiger partial charge in [-0.05, 0) is 244 Å². The van der Waals surface area contributed by atoms with Crippen LogP contribution in [0.3, 0.4) is 0 Å². The summed E-state index contributed by atoms with van der Waals surface area (Å²) in [4.78, 5) is 5.15. The summed E-state index contributed by atoms with van der Waals surface area (Å²) in [5.74, 6) is 0. The number of nitrogens with zero attached hydrogens (tertiary/aromatic N) is 2. The van der Waals surface area contributed by atoms with E-state index in [1.54, 1.807) is 0 Å². The van der Waals surface area contributed by atoms with Gasteiger partial charge in [0.25, 0.3) is 0 Å². The predicted octanol–water partition coefficient (Wildman–Crippen LogP) is 23.4. The summed E-state index contributed by atoms with van der Waals surface area (Å²) >= 11 is 0. The van der Waals surface area contributed by atoms with Crippen molar-refractivity contribution in [3.63, 3.8) is 0 Å². The molecule has 0 heterocycles. The lowest BCUT2D eigenvalue weighted by Crippen LogP contribution is -2.25. The van der Waals surface area contributed by atoms with Crippen molar-refractivity contribution in [3.8, 4) is 66.8 Å². The van der Waals surface area contributed by atoms with Gasteiger partial charge in [-0.1, -0.05) is 210 Å². The number of benzene rings is 11. The van der Waals surface area contributed by atoms with Gasteiger partial charge in [-0.3, -0.25) is 0 Å². The Hall–Kier alpha value is -8.98. The second-order valence-corrected chi connectivity index (χ2v) is 30.2. The molecule has 17 rings (SSSR count). The highest BCUT2D eigenvalue weighted by Gasteiger charge is 2.49. The SMILES string of the molecule is Cc1cc(N(c2ccc3c(c2)C(C)(C)c2ccccc2-3)c2ccc3c(c2)C(C)(C)c2ccccc2-3)cc2c1-c1c(C)c(C)c3c(c1C2(C)C)C(C)(C)c1cc(N(c2ccc4c(c2)C(C)(C)c2ccccc2-4)c2ccc4c(c2)C(C)(C)c2ccccc2-4)ccc1-3. The molecule has 436 valence electrons. The summed E-state index contributed by atoms with van der Waals surface area (Å²) in [6.07, 6.45) is 0. The zero-order chi connectivity index (χ0) is 61.5. The molecular weight excluding hydrogens is 1070 g/mol. The van der Waals surface area contributed by atoms with Crippen LogP contribution in [0.5, 0.6) is 0 Å². The molecule has 0 saturated carbocycles. The number of aryl methyl sites for hydroxylation is 1. The molecule has 0 fully saturated rings. The van der Waals surface area contributed by atoms with Gasteiger partial charge in [0.15, 0.2) is 0 Å². The Balaban J connectivity index is 0.819. The molecule has 0 aromatic heterocycles. The summed E-state index contributed by atoms with van der Waals surface area (Å²) < 4.78 is 0. The van der Waals surface area contributed by atoms with E-state index < -0.39 is 0 Å². The number of fused-ring (bicyclic) bond motifs is 19. The van der Waals surface area contributed by atoms with Gasteiger partial charge in [-0.25, -0.2) is 0 Å². The van der Waals surface area contributed by atoms with Gasteiger partial charge < -0.3 is 9.80 Å². The number of hydrogen-bond acceptors (Lipinski definition) is 2. The van der Waals surface area contributed by atoms with Crippen molar-refractivity contribution in [2.75, 3.05) is 9.80 Å². The van der Waals surface area contributed by atoms with E-state index in [0.717, 1.165) is 0 Å². The summed E-state index contributed by atoms with van der Waals surface area (Å²) in [6.45, 7) is 36.5. The van der Waals surface area contributed by atoms with E-state index in [9.17, 15) is 0 Å². The molecule has 0 bridgehead atoms. The zero-order valence-electron chi connectivity index (χ0n) is 54.4. The molecule has 11 aromatic carbocycles. The quantitative estimate of drug-likeness (QED) is 0.164. The average molecular weight is 1150 g/mol. The first-order valence-corrected chi connectivity index (χ1v) is 32.5. The van der Waals surface area contributed by atoms with E-state index in [1.165, 1.54) is 184 Å². The largest absolute Gasteiger partial charge is 0.310 e. The van der Waals surface area contributed by atoms with Crippen LogP contribution in [0.4, 0.5) is 34.1 Å². The highest BCUT2D eigenvalue weighted by atomic mass is 15.1. The maximum Gasteiger partial charge on any atom is 0.0467 e. The molecule has 0 atom stereocenters. The highest BCUT2D eigenvalue weighted by Crippen LogP contribution is 2.64. The fraction of sp³-hybridized carbons (Fsp3) is 0.241. The third kappa shape index (κ3) is 6.93. The van der Waals surface area contributed by atoms with Crippen LogP contribution in [0.25, 0.3) is 66.8 Å². The van der Waals surface area contributed by atoms with Crippen LogP contribution in [0, 0.1) is 20.8 Å². The van der Waals surface area contributed by atoms with Gasteiger partial charge >= 0.3 is 0 Å². The minimum absolute atomic E-state index is 0.147. The van der Waals surface area contributed by atoms with Gasteiger partial charge in [0.05, 0.1) is 0 Å². The Bertz CT molecular complexity index is 4790. The lowest BCUT2D eigenvalue weighted by molar-refractivity contribution is 0.600. The van der Waals surface area contributed by atoms with Crippen LogP contribution in [0.2, 0.25) is 0 Å². The van der Waals surface area contributed by atoms with Crippen molar-refractivity contribution in [2.45, 2.75) is 136 Å². The Morgan fingerprint density at radius 3 is 0.831 bits per heavy atom. The second kappa shape index (κ2) is 17.7. The van der Waals surface area contributed by atoms with Crippen LogP contribution in [-0.4, -0.2) is 0 Å². The summed E-state index contributed by atoms with van der Waals surface area (Å²) in [5.41, 5.74) is 43.0. The molecule has 0 radical (unpaired) electrons. The molecule has 2 nitrogen and oxygen atoms in total. The second-order valence-electron chi connectivity index (χ2n) is 30.2. The van der Waals surface area contributed by atoms with Crippen molar-refractivity contribution >= 4 is 34.1 Å². The number of hydrogen-bond donors (Lipinski definition) is 0. The van der Waals surface area contributed by atoms with Crippen molar-refractivity contribution in [1.82, 2.24) is 0 Å². The van der Waals surface area contributed by atoms with Gasteiger partial charge in [-0.2, -0.15) is 0 Å². The molecule has 0 N–H and O–H groups in total. The molecule has 89 heavy (non-hydrogen) atoms. The van der Waals surface area contributed by atoms with Crippen molar-refractivity contribution < 1.29 is 0 Å². The fourth-order valence-electron chi connectivity index (χ4n) is 18.5. The molecule has 0 aliphatic heterocycles. The van der Waals surface area contributed by atoms with E-state index >= 15 is 0 Å². The fourth-order valence-corrected chi connectivity index (χ4v) is 18.5. The maximum atomic E-state index is 2.59. The van der Waals surface area contributed by atoms with Crippen LogP contribution < -0.4 is 9.80 Å². The van der Waals surface area contributed by atoms with E-state index in [4.69, 9.17) is 0 Å². The van der Waals surface area contributed by atoms with E-state index in [0.29, 0.717) is 0 Å². The maximum absolute atomic E-state index is 2.59. The standard InChI is InChI=1S/C87H78N2/c1-49-42-57(89(55-34-39-64-60-26-18-22-30-69(60)84(8,9)73(64)45-55)56-35-40-65-61-27-19-23-31-70(61)85(10,11)74(65)46-56)48-76-77(49)79-51(3)50(2)78-66-41-36-54(47-75(66)86(12,13)80(78)81(79)87(76,14)15)88(52-32-37-62-58-24-16-20-28-67(58)82(4,5)71(62)43-52)53-33-38-63-59-25-17-21-29-68(59)83(6,7)72(63)44-53/h16-48H,1-15H3. The Morgan fingerprint density at radius 2 is 0.472 bits per heavy atom. The van der Waals surface area contributed by atoms with Crippen molar-refractivity contribution in [1.29, 1.82) is 0 Å². The molecule has 0 spiro atoms. The van der Waals surface area contributed by atoms with Crippen molar-refractivity contribution in [3.05, 3.63) is 284 Å². The smallest absolute Gasteiger partial charge is 0.0467 e. The van der Waals surface area contributed by atoms with Crippen LogP contribution in [0.1, 0.15) is 167 Å². The average Bonchev–Trinajstić information content (AvgIpc) is 1.52. The van der Waals surface area contributed by atoms with Crippen molar-refractivity contribution in [2.24, 2.45) is 0 Å². The third-order valence-electron chi connectivity index (χ3n) is 23.3. The normalized spacial score (nSPS) is 17.0. The molecule has 0 unspecified atom stereocenters. The summed E-state index contributed by atoms with van der Waals surface area (Å²) in [7, 11) is 0. The minimum atomic E-state index is -0.333. The number of rotatable bonds is 6. The molecular formula is C87H78N2. The zero-order valence-corrected chi connectivity index (χ0v) is 54.4. The molecule has 6 aliphatic carbocycles. The molecule has 6 aliphatic rings. The first kappa shape index (κ1) is 54.2. The molecule has 11 aromatic rings. The lowest BCUT2D eigenvalue weighted by atomic mass is 9.71. The molecule has 2 heteroatoms. The van der Waals surface area contributed by atoms with Gasteiger partial charge in [0.2, 0.25) is 0 Å². The highest BCUT2D eigenvalue weighted by molar-refractivity contribution is 5.99. The first-order chi connectivity index (χ1) is 42.4. The molecule has 0 saturated heterocycles. The lowest BCUT2D eigenvalue weighted by Gasteiger charge is -2.33. The van der Waals surface area contributed by atoms with Crippen LogP contribution in [-0.2, 0) is 32.5 Å². The summed E-state index contributed by atoms with van der Waals surface area (Å²) in [6, 6.07) is 77.8. The number of anilines is 6. The van der Waals surface area contributed by atoms with Gasteiger partial charge in [0, 0.05) is 66.6 Å².